The first-order valence-corrected chi connectivity index (χ1v) is 10.7. The molecule has 3 nitrogen and oxygen atoms in total. The highest BCUT2D eigenvalue weighted by Crippen LogP contribution is 2.22. The van der Waals surface area contributed by atoms with Crippen molar-refractivity contribution in [3.05, 3.63) is 47.2 Å². The van der Waals surface area contributed by atoms with Crippen LogP contribution in [0.25, 0.3) is 0 Å². The zero-order chi connectivity index (χ0) is 21.0. The van der Waals surface area contributed by atoms with E-state index in [0.29, 0.717) is 6.42 Å². The lowest BCUT2D eigenvalue weighted by molar-refractivity contribution is -0.139. The molecule has 0 N–H and O–H groups in total. The van der Waals surface area contributed by atoms with Gasteiger partial charge in [0.15, 0.2) is 0 Å². The van der Waals surface area contributed by atoms with Crippen LogP contribution in [0, 0.1) is 0 Å². The fraction of sp³-hybridized carbons (Fsp3) is 0.600. The van der Waals surface area contributed by atoms with Gasteiger partial charge in [0.1, 0.15) is 5.78 Å². The van der Waals surface area contributed by atoms with E-state index in [0.717, 1.165) is 24.8 Å². The van der Waals surface area contributed by atoms with Crippen LogP contribution in [-0.2, 0) is 26.2 Å². The van der Waals surface area contributed by atoms with Crippen LogP contribution in [-0.4, -0.2) is 11.8 Å². The molecule has 0 fully saturated rings. The molecule has 0 bridgehead atoms. The van der Waals surface area contributed by atoms with Gasteiger partial charge in [0.25, 0.3) is 0 Å². The Morgan fingerprint density at radius 3 is 2.18 bits per heavy atom. The molecule has 0 heterocycles. The average molecular weight is 387 g/mol. The summed E-state index contributed by atoms with van der Waals surface area (Å²) in [7, 11) is 0. The minimum absolute atomic E-state index is 0.145. The topological polar surface area (TPSA) is 43.4 Å². The molecule has 0 aliphatic heterocycles. The van der Waals surface area contributed by atoms with Crippen molar-refractivity contribution >= 4 is 11.8 Å². The predicted octanol–water partition coefficient (Wildman–Crippen LogP) is 6.68. The predicted molar refractivity (Wildman–Crippen MR) is 116 cm³/mol. The number of allylic oxidation sites excluding steroid dienone is 1. The van der Waals surface area contributed by atoms with Crippen molar-refractivity contribution in [3.8, 4) is 0 Å². The number of esters is 1. The van der Waals surface area contributed by atoms with Crippen LogP contribution >= 0.6 is 0 Å². The van der Waals surface area contributed by atoms with E-state index < -0.39 is 0 Å². The molecule has 0 amide bonds. The molecule has 0 aliphatic carbocycles. The summed E-state index contributed by atoms with van der Waals surface area (Å²) < 4.78 is 5.21. The fourth-order valence-electron chi connectivity index (χ4n) is 3.00. The monoisotopic (exact) mass is 386 g/mol. The van der Waals surface area contributed by atoms with Crippen LogP contribution in [0.2, 0.25) is 0 Å². The summed E-state index contributed by atoms with van der Waals surface area (Å²) in [6.07, 6.45) is 8.95. The average Bonchev–Trinajstić information content (AvgIpc) is 2.64. The SMILES string of the molecule is CCCCCCCC(=O)CCC(=O)O/C=C(\C)Cc1ccc(C(C)(C)C)cc1. The Kier molecular flexibility index (Phi) is 10.8. The van der Waals surface area contributed by atoms with Gasteiger partial charge < -0.3 is 4.74 Å². The molecule has 0 aromatic heterocycles. The highest BCUT2D eigenvalue weighted by molar-refractivity contribution is 5.83. The first-order valence-electron chi connectivity index (χ1n) is 10.7. The fourth-order valence-corrected chi connectivity index (χ4v) is 3.00. The Balaban J connectivity index is 2.30. The van der Waals surface area contributed by atoms with Crippen LogP contribution in [0.4, 0.5) is 0 Å². The number of carbonyl (C=O) groups excluding carboxylic acids is 2. The number of Topliss-reactive ketones (excluding diaryl/α,β-unsaturated/α-hetero) is 1. The van der Waals surface area contributed by atoms with Gasteiger partial charge in [0.05, 0.1) is 12.7 Å². The van der Waals surface area contributed by atoms with Crippen molar-refractivity contribution in [3.63, 3.8) is 0 Å². The summed E-state index contributed by atoms with van der Waals surface area (Å²) in [4.78, 5) is 23.7. The first kappa shape index (κ1) is 24.1. The Morgan fingerprint density at radius 2 is 1.57 bits per heavy atom. The van der Waals surface area contributed by atoms with E-state index in [1.807, 2.05) is 6.92 Å². The number of rotatable bonds is 12. The summed E-state index contributed by atoms with van der Waals surface area (Å²) >= 11 is 0. The zero-order valence-corrected chi connectivity index (χ0v) is 18.5. The molecule has 3 heteroatoms. The van der Waals surface area contributed by atoms with Crippen molar-refractivity contribution in [2.45, 2.75) is 97.8 Å². The number of unbranched alkanes of at least 4 members (excludes halogenated alkanes) is 4. The largest absolute Gasteiger partial charge is 0.435 e. The van der Waals surface area contributed by atoms with Gasteiger partial charge in [-0.3, -0.25) is 9.59 Å². The van der Waals surface area contributed by atoms with Gasteiger partial charge in [0, 0.05) is 12.8 Å². The quantitative estimate of drug-likeness (QED) is 0.228. The van der Waals surface area contributed by atoms with E-state index in [9.17, 15) is 9.59 Å². The summed E-state index contributed by atoms with van der Waals surface area (Å²) in [5, 5.41) is 0. The smallest absolute Gasteiger partial charge is 0.311 e. The second-order valence-corrected chi connectivity index (χ2v) is 8.78. The highest BCUT2D eigenvalue weighted by Gasteiger charge is 2.13. The van der Waals surface area contributed by atoms with E-state index in [2.05, 4.69) is 52.0 Å². The molecule has 156 valence electrons. The second-order valence-electron chi connectivity index (χ2n) is 8.78. The van der Waals surface area contributed by atoms with Crippen LogP contribution in [0.1, 0.15) is 97.1 Å². The Bertz CT molecular complexity index is 633. The molecule has 0 radical (unpaired) electrons. The molecule has 0 saturated carbocycles. The van der Waals surface area contributed by atoms with Crippen LogP contribution in [0.5, 0.6) is 0 Å². The normalized spacial score (nSPS) is 12.1. The standard InChI is InChI=1S/C25H38O3/c1-6-7-8-9-10-11-23(26)16-17-24(27)28-19-20(2)18-21-12-14-22(15-13-21)25(3,4)5/h12-15,19H,6-11,16-18H2,1-5H3/b20-19+. The third kappa shape index (κ3) is 10.4. The summed E-state index contributed by atoms with van der Waals surface area (Å²) in [6.45, 7) is 10.7. The molecular weight excluding hydrogens is 348 g/mol. The zero-order valence-electron chi connectivity index (χ0n) is 18.5. The minimum Gasteiger partial charge on any atom is -0.435 e. The summed E-state index contributed by atoms with van der Waals surface area (Å²) in [5.41, 5.74) is 3.63. The lowest BCUT2D eigenvalue weighted by atomic mass is 9.86. The van der Waals surface area contributed by atoms with Crippen molar-refractivity contribution in [2.75, 3.05) is 0 Å². The van der Waals surface area contributed by atoms with E-state index in [1.54, 1.807) is 0 Å². The summed E-state index contributed by atoms with van der Waals surface area (Å²) in [6, 6.07) is 8.56. The lowest BCUT2D eigenvalue weighted by Crippen LogP contribution is -2.10. The summed E-state index contributed by atoms with van der Waals surface area (Å²) in [5.74, 6) is -0.171. The number of ketones is 1. The van der Waals surface area contributed by atoms with E-state index >= 15 is 0 Å². The molecule has 0 spiro atoms. The molecule has 0 unspecified atom stereocenters. The third-order valence-corrected chi connectivity index (χ3v) is 4.86. The maximum atomic E-state index is 11.9. The number of hydrogen-bond acceptors (Lipinski definition) is 3. The molecular formula is C25H38O3. The van der Waals surface area contributed by atoms with Crippen LogP contribution in [0.3, 0.4) is 0 Å². The van der Waals surface area contributed by atoms with Crippen LogP contribution in [0.15, 0.2) is 36.1 Å². The van der Waals surface area contributed by atoms with Crippen molar-refractivity contribution in [2.24, 2.45) is 0 Å². The van der Waals surface area contributed by atoms with Crippen molar-refractivity contribution in [1.29, 1.82) is 0 Å². The maximum Gasteiger partial charge on any atom is 0.311 e. The highest BCUT2D eigenvalue weighted by atomic mass is 16.5. The Morgan fingerprint density at radius 1 is 0.929 bits per heavy atom. The van der Waals surface area contributed by atoms with E-state index in [4.69, 9.17) is 4.74 Å². The van der Waals surface area contributed by atoms with Gasteiger partial charge in [-0.1, -0.05) is 77.6 Å². The van der Waals surface area contributed by atoms with E-state index in [1.165, 1.54) is 36.7 Å². The third-order valence-electron chi connectivity index (χ3n) is 4.86. The number of benzene rings is 1. The van der Waals surface area contributed by atoms with Gasteiger partial charge in [-0.25, -0.2) is 0 Å². The van der Waals surface area contributed by atoms with Crippen LogP contribution < -0.4 is 0 Å². The van der Waals surface area contributed by atoms with Crippen molar-refractivity contribution in [1.82, 2.24) is 0 Å². The number of ether oxygens (including phenoxy) is 1. The minimum atomic E-state index is -0.332. The van der Waals surface area contributed by atoms with Gasteiger partial charge in [-0.05, 0) is 41.9 Å². The molecule has 0 aliphatic rings. The Hall–Kier alpha value is -1.90. The molecule has 1 aromatic carbocycles. The van der Waals surface area contributed by atoms with Gasteiger partial charge in [-0.15, -0.1) is 0 Å². The van der Waals surface area contributed by atoms with Gasteiger partial charge >= 0.3 is 5.97 Å². The first-order chi connectivity index (χ1) is 13.2. The number of carbonyl (C=O) groups is 2. The van der Waals surface area contributed by atoms with Gasteiger partial charge in [0.2, 0.25) is 0 Å². The molecule has 0 saturated heterocycles. The van der Waals surface area contributed by atoms with E-state index in [-0.39, 0.29) is 30.0 Å². The molecule has 0 atom stereocenters. The molecule has 1 rings (SSSR count). The Labute approximate surface area is 171 Å². The molecule has 1 aromatic rings. The molecule has 28 heavy (non-hydrogen) atoms. The maximum absolute atomic E-state index is 11.9. The number of hydrogen-bond donors (Lipinski definition) is 0. The van der Waals surface area contributed by atoms with Gasteiger partial charge in [-0.2, -0.15) is 0 Å². The van der Waals surface area contributed by atoms with Crippen molar-refractivity contribution < 1.29 is 14.3 Å². The lowest BCUT2D eigenvalue weighted by Gasteiger charge is -2.19. The second kappa shape index (κ2) is 12.5.